The summed E-state index contributed by atoms with van der Waals surface area (Å²) in [7, 11) is 0. The largest absolute Gasteiger partial charge is 0.355 e. The number of carbonyl (C=O) groups is 2. The number of likely N-dealkylation sites (tertiary alicyclic amines) is 1. The second-order valence-corrected chi connectivity index (χ2v) is 10.4. The Morgan fingerprint density at radius 1 is 1.18 bits per heavy atom. The van der Waals surface area contributed by atoms with E-state index in [0.29, 0.717) is 11.4 Å². The molecule has 2 heterocycles. The molecule has 4 rings (SSSR count). The van der Waals surface area contributed by atoms with Crippen molar-refractivity contribution in [3.8, 4) is 0 Å². The molecule has 1 atom stereocenters. The van der Waals surface area contributed by atoms with Crippen LogP contribution in [0.3, 0.4) is 0 Å². The Kier molecular flexibility index (Phi) is 8.46. The van der Waals surface area contributed by atoms with Crippen LogP contribution >= 0.6 is 11.8 Å². The fourth-order valence-electron chi connectivity index (χ4n) is 4.64. The first-order valence-electron chi connectivity index (χ1n) is 12.4. The Labute approximate surface area is 207 Å². The lowest BCUT2D eigenvalue weighted by molar-refractivity contribution is -0.122. The van der Waals surface area contributed by atoms with Crippen molar-refractivity contribution in [2.75, 3.05) is 37.6 Å². The van der Waals surface area contributed by atoms with Crippen LogP contribution in [0.15, 0.2) is 58.3 Å². The van der Waals surface area contributed by atoms with Gasteiger partial charge in [0, 0.05) is 18.0 Å². The third-order valence-corrected chi connectivity index (χ3v) is 7.61. The number of anilines is 1. The highest BCUT2D eigenvalue weighted by atomic mass is 32.2. The van der Waals surface area contributed by atoms with E-state index in [-0.39, 0.29) is 18.4 Å². The van der Waals surface area contributed by atoms with Crippen LogP contribution < -0.4 is 10.2 Å². The van der Waals surface area contributed by atoms with Crippen molar-refractivity contribution in [2.45, 2.75) is 44.4 Å². The monoisotopic (exact) mass is 477 g/mol. The number of para-hydroxylation sites is 1. The van der Waals surface area contributed by atoms with Crippen molar-refractivity contribution in [2.24, 2.45) is 5.92 Å². The number of benzene rings is 2. The molecule has 0 radical (unpaired) electrons. The van der Waals surface area contributed by atoms with E-state index in [1.54, 1.807) is 4.90 Å². The number of carbonyl (C=O) groups excluding carboxylic acids is 2. The van der Waals surface area contributed by atoms with Crippen LogP contribution in [0.4, 0.5) is 5.69 Å². The summed E-state index contributed by atoms with van der Waals surface area (Å²) in [6, 6.07) is 16.1. The summed E-state index contributed by atoms with van der Waals surface area (Å²) in [5.74, 6) is 0.521. The third kappa shape index (κ3) is 6.30. The number of nitrogens with zero attached hydrogens (tertiary/aromatic N) is 2. The second-order valence-electron chi connectivity index (χ2n) is 9.32. The fourth-order valence-corrected chi connectivity index (χ4v) is 5.70. The minimum Gasteiger partial charge on any atom is -0.355 e. The van der Waals surface area contributed by atoms with Gasteiger partial charge in [-0.1, -0.05) is 62.0 Å². The maximum absolute atomic E-state index is 13.4. The minimum atomic E-state index is -0.124. The zero-order valence-corrected chi connectivity index (χ0v) is 21.1. The summed E-state index contributed by atoms with van der Waals surface area (Å²) in [5.41, 5.74) is 3.06. The number of piperidine rings is 1. The van der Waals surface area contributed by atoms with Crippen LogP contribution in [0.2, 0.25) is 0 Å². The number of aryl methyl sites for hydroxylation is 1. The van der Waals surface area contributed by atoms with Crippen LogP contribution in [0.5, 0.6) is 0 Å². The standard InChI is InChI=1S/C28H35N3O2S/c1-3-22-11-13-23(14-12-22)18-26-28(33)31(24-9-4-5-10-25(24)34-26)20-27(32)29-15-7-17-30-16-6-8-21(2)19-30/h4-5,9-14,18,21H,3,6-8,15-17,19-20H2,1-2H3,(H,29,32)/b26-18+/t21-/m1/s1. The summed E-state index contributed by atoms with van der Waals surface area (Å²) in [5, 5.41) is 3.02. The highest BCUT2D eigenvalue weighted by Gasteiger charge is 2.30. The number of thioether (sulfide) groups is 1. The van der Waals surface area contributed by atoms with E-state index in [1.807, 2.05) is 42.5 Å². The van der Waals surface area contributed by atoms with Gasteiger partial charge in [0.15, 0.2) is 0 Å². The lowest BCUT2D eigenvalue weighted by Crippen LogP contribution is -2.43. The number of amides is 2. The quantitative estimate of drug-likeness (QED) is 0.431. The number of hydrogen-bond acceptors (Lipinski definition) is 4. The molecule has 0 saturated carbocycles. The lowest BCUT2D eigenvalue weighted by Gasteiger charge is -2.31. The summed E-state index contributed by atoms with van der Waals surface area (Å²) in [6.07, 6.45) is 6.42. The van der Waals surface area contributed by atoms with Gasteiger partial charge in [0.2, 0.25) is 5.91 Å². The topological polar surface area (TPSA) is 52.7 Å². The average molecular weight is 478 g/mol. The van der Waals surface area contributed by atoms with Crippen LogP contribution in [0, 0.1) is 5.92 Å². The highest BCUT2D eigenvalue weighted by Crippen LogP contribution is 2.41. The summed E-state index contributed by atoms with van der Waals surface area (Å²) >= 11 is 1.47. The fraction of sp³-hybridized carbons (Fsp3) is 0.429. The Hall–Kier alpha value is -2.57. The number of hydrogen-bond donors (Lipinski definition) is 1. The van der Waals surface area contributed by atoms with Gasteiger partial charge in [-0.3, -0.25) is 14.5 Å². The smallest absolute Gasteiger partial charge is 0.265 e. The lowest BCUT2D eigenvalue weighted by atomic mass is 10.0. The van der Waals surface area contributed by atoms with Gasteiger partial charge in [-0.05, 0) is 74.0 Å². The Balaban J connectivity index is 1.38. The van der Waals surface area contributed by atoms with Gasteiger partial charge in [-0.25, -0.2) is 0 Å². The average Bonchev–Trinajstić information content (AvgIpc) is 2.85. The van der Waals surface area contributed by atoms with Crippen molar-refractivity contribution in [1.29, 1.82) is 0 Å². The van der Waals surface area contributed by atoms with Gasteiger partial charge in [0.1, 0.15) is 6.54 Å². The second kappa shape index (κ2) is 11.7. The molecule has 180 valence electrons. The summed E-state index contributed by atoms with van der Waals surface area (Å²) < 4.78 is 0. The van der Waals surface area contributed by atoms with E-state index in [2.05, 4.69) is 36.2 Å². The van der Waals surface area contributed by atoms with Gasteiger partial charge in [0.05, 0.1) is 10.6 Å². The molecule has 0 aliphatic carbocycles. The predicted octanol–water partition coefficient (Wildman–Crippen LogP) is 4.97. The van der Waals surface area contributed by atoms with E-state index in [0.717, 1.165) is 54.5 Å². The molecule has 6 heteroatoms. The van der Waals surface area contributed by atoms with E-state index in [1.165, 1.54) is 30.2 Å². The number of fused-ring (bicyclic) bond motifs is 1. The van der Waals surface area contributed by atoms with Gasteiger partial charge in [0.25, 0.3) is 5.91 Å². The van der Waals surface area contributed by atoms with Crippen molar-refractivity contribution in [1.82, 2.24) is 10.2 Å². The van der Waals surface area contributed by atoms with Crippen LogP contribution in [-0.2, 0) is 16.0 Å². The molecule has 1 N–H and O–H groups in total. The molecule has 1 saturated heterocycles. The first kappa shape index (κ1) is 24.6. The van der Waals surface area contributed by atoms with Gasteiger partial charge in [-0.2, -0.15) is 0 Å². The van der Waals surface area contributed by atoms with Crippen molar-refractivity contribution in [3.63, 3.8) is 0 Å². The van der Waals surface area contributed by atoms with Crippen molar-refractivity contribution in [3.05, 3.63) is 64.6 Å². The van der Waals surface area contributed by atoms with Gasteiger partial charge >= 0.3 is 0 Å². The predicted molar refractivity (Wildman–Crippen MR) is 141 cm³/mol. The van der Waals surface area contributed by atoms with E-state index in [9.17, 15) is 9.59 Å². The molecule has 0 aromatic heterocycles. The third-order valence-electron chi connectivity index (χ3n) is 6.53. The minimum absolute atomic E-state index is 0.0310. The number of rotatable bonds is 8. The molecule has 0 unspecified atom stereocenters. The molecule has 2 amide bonds. The molecule has 1 fully saturated rings. The molecule has 0 bridgehead atoms. The van der Waals surface area contributed by atoms with Gasteiger partial charge in [-0.15, -0.1) is 0 Å². The molecule has 2 aliphatic rings. The van der Waals surface area contributed by atoms with Gasteiger partial charge < -0.3 is 10.2 Å². The molecule has 2 aromatic carbocycles. The molecule has 34 heavy (non-hydrogen) atoms. The molecule has 0 spiro atoms. The molecular weight excluding hydrogens is 442 g/mol. The van der Waals surface area contributed by atoms with Crippen molar-refractivity contribution < 1.29 is 9.59 Å². The van der Waals surface area contributed by atoms with E-state index < -0.39 is 0 Å². The zero-order chi connectivity index (χ0) is 23.9. The van der Waals surface area contributed by atoms with Crippen molar-refractivity contribution >= 4 is 35.3 Å². The molecule has 2 aromatic rings. The first-order chi connectivity index (χ1) is 16.5. The normalized spacial score (nSPS) is 19.8. The first-order valence-corrected chi connectivity index (χ1v) is 13.2. The molecule has 2 aliphatic heterocycles. The Morgan fingerprint density at radius 2 is 1.97 bits per heavy atom. The summed E-state index contributed by atoms with van der Waals surface area (Å²) in [4.78, 5) is 31.9. The number of nitrogens with one attached hydrogen (secondary N) is 1. The van der Waals surface area contributed by atoms with Crippen LogP contribution in [-0.4, -0.2) is 49.4 Å². The maximum Gasteiger partial charge on any atom is 0.265 e. The molecular formula is C28H35N3O2S. The SMILES string of the molecule is CCc1ccc(/C=C2/Sc3ccccc3N(CC(=O)NCCCN3CCC[C@@H](C)C3)C2=O)cc1. The van der Waals surface area contributed by atoms with Crippen LogP contribution in [0.25, 0.3) is 6.08 Å². The highest BCUT2D eigenvalue weighted by molar-refractivity contribution is 8.04. The Morgan fingerprint density at radius 3 is 2.74 bits per heavy atom. The summed E-state index contributed by atoms with van der Waals surface area (Å²) in [6.45, 7) is 8.42. The van der Waals surface area contributed by atoms with Crippen LogP contribution in [0.1, 0.15) is 44.2 Å². The Bertz CT molecular complexity index is 1030. The zero-order valence-electron chi connectivity index (χ0n) is 20.3. The van der Waals surface area contributed by atoms with E-state index >= 15 is 0 Å². The molecule has 5 nitrogen and oxygen atoms in total. The maximum atomic E-state index is 13.4. The van der Waals surface area contributed by atoms with E-state index in [4.69, 9.17) is 0 Å².